The molecular formula is C13H17N7O. The molecule has 0 bridgehead atoms. The molecule has 0 aromatic carbocycles. The van der Waals surface area contributed by atoms with Gasteiger partial charge >= 0.3 is 0 Å². The van der Waals surface area contributed by atoms with Crippen LogP contribution in [0.1, 0.15) is 6.92 Å². The van der Waals surface area contributed by atoms with Gasteiger partial charge in [0.25, 0.3) is 0 Å². The van der Waals surface area contributed by atoms with Gasteiger partial charge in [-0.3, -0.25) is 0 Å². The Balaban J connectivity index is 1.97. The number of rotatable bonds is 4. The molecule has 0 atom stereocenters. The fourth-order valence-electron chi connectivity index (χ4n) is 2.05. The molecule has 0 unspecified atom stereocenters. The molecule has 0 radical (unpaired) electrons. The normalized spacial score (nSPS) is 15.0. The average Bonchev–Trinajstić information content (AvgIpc) is 2.56. The standard InChI is InChI=1S/C13H17N7O/c1-2-16-12-17-11(10-7-14-9-15-8-10)18-13(19-12)20-3-5-21-6-4-20/h7-9H,2-6H2,1H3,(H,16,17,18,19). The molecule has 3 heterocycles. The highest BCUT2D eigenvalue weighted by molar-refractivity contribution is 5.56. The first-order valence-electron chi connectivity index (χ1n) is 6.95. The van der Waals surface area contributed by atoms with Crippen LogP contribution in [-0.2, 0) is 4.74 Å². The second-order valence-electron chi connectivity index (χ2n) is 4.54. The van der Waals surface area contributed by atoms with Crippen LogP contribution in [0.15, 0.2) is 18.7 Å². The molecule has 1 aliphatic heterocycles. The van der Waals surface area contributed by atoms with E-state index in [0.717, 1.165) is 25.2 Å². The topological polar surface area (TPSA) is 89.0 Å². The number of aromatic nitrogens is 5. The Hall–Kier alpha value is -2.35. The highest BCUT2D eigenvalue weighted by Crippen LogP contribution is 2.18. The summed E-state index contributed by atoms with van der Waals surface area (Å²) < 4.78 is 5.37. The van der Waals surface area contributed by atoms with Crippen LogP contribution >= 0.6 is 0 Å². The van der Waals surface area contributed by atoms with Gasteiger partial charge in [0.05, 0.1) is 18.8 Å². The van der Waals surface area contributed by atoms with Crippen molar-refractivity contribution in [1.29, 1.82) is 0 Å². The van der Waals surface area contributed by atoms with Crippen LogP contribution < -0.4 is 10.2 Å². The lowest BCUT2D eigenvalue weighted by Gasteiger charge is -2.27. The maximum Gasteiger partial charge on any atom is 0.230 e. The van der Waals surface area contributed by atoms with E-state index in [9.17, 15) is 0 Å². The van der Waals surface area contributed by atoms with Crippen LogP contribution in [0.5, 0.6) is 0 Å². The lowest BCUT2D eigenvalue weighted by molar-refractivity contribution is 0.122. The van der Waals surface area contributed by atoms with Gasteiger partial charge in [0.2, 0.25) is 11.9 Å². The molecule has 0 spiro atoms. The average molecular weight is 287 g/mol. The SMILES string of the molecule is CCNc1nc(-c2cncnc2)nc(N2CCOCC2)n1. The molecule has 0 saturated carbocycles. The van der Waals surface area contributed by atoms with Crippen LogP contribution in [0.25, 0.3) is 11.4 Å². The highest BCUT2D eigenvalue weighted by Gasteiger charge is 2.17. The zero-order chi connectivity index (χ0) is 14.5. The molecule has 3 rings (SSSR count). The lowest BCUT2D eigenvalue weighted by Crippen LogP contribution is -2.37. The third-order valence-electron chi connectivity index (χ3n) is 3.07. The Bertz CT molecular complexity index is 586. The quantitative estimate of drug-likeness (QED) is 0.874. The van der Waals surface area contributed by atoms with Gasteiger partial charge in [-0.1, -0.05) is 0 Å². The highest BCUT2D eigenvalue weighted by atomic mass is 16.5. The first-order valence-corrected chi connectivity index (χ1v) is 6.95. The Morgan fingerprint density at radius 2 is 1.90 bits per heavy atom. The van der Waals surface area contributed by atoms with Crippen molar-refractivity contribution in [1.82, 2.24) is 24.9 Å². The van der Waals surface area contributed by atoms with Gasteiger partial charge in [-0.25, -0.2) is 9.97 Å². The molecule has 1 N–H and O–H groups in total. The number of morpholine rings is 1. The number of nitrogens with one attached hydrogen (secondary N) is 1. The van der Waals surface area contributed by atoms with Crippen molar-refractivity contribution in [2.24, 2.45) is 0 Å². The molecule has 1 aliphatic rings. The minimum atomic E-state index is 0.563. The molecule has 0 aliphatic carbocycles. The van der Waals surface area contributed by atoms with Gasteiger partial charge in [0, 0.05) is 32.0 Å². The molecule has 0 amide bonds. The zero-order valence-corrected chi connectivity index (χ0v) is 11.9. The summed E-state index contributed by atoms with van der Waals surface area (Å²) in [6.07, 6.45) is 4.88. The summed E-state index contributed by atoms with van der Waals surface area (Å²) in [5, 5.41) is 3.14. The molecule has 1 saturated heterocycles. The molecule has 8 heteroatoms. The monoisotopic (exact) mass is 287 g/mol. The first kappa shape index (κ1) is 13.6. The Kier molecular flexibility index (Phi) is 4.15. The van der Waals surface area contributed by atoms with Crippen LogP contribution in [0.3, 0.4) is 0 Å². The molecule has 2 aromatic rings. The van der Waals surface area contributed by atoms with Crippen LogP contribution in [-0.4, -0.2) is 57.8 Å². The predicted molar refractivity (Wildman–Crippen MR) is 78.0 cm³/mol. The third kappa shape index (κ3) is 3.22. The van der Waals surface area contributed by atoms with E-state index in [0.29, 0.717) is 30.9 Å². The van der Waals surface area contributed by atoms with Crippen molar-refractivity contribution in [2.45, 2.75) is 6.92 Å². The smallest absolute Gasteiger partial charge is 0.230 e. The Morgan fingerprint density at radius 1 is 1.14 bits per heavy atom. The molecule has 1 fully saturated rings. The van der Waals surface area contributed by atoms with E-state index < -0.39 is 0 Å². The third-order valence-corrected chi connectivity index (χ3v) is 3.07. The van der Waals surface area contributed by atoms with Gasteiger partial charge in [-0.2, -0.15) is 15.0 Å². The van der Waals surface area contributed by atoms with Gasteiger partial charge in [0.15, 0.2) is 5.82 Å². The molecular weight excluding hydrogens is 270 g/mol. The van der Waals surface area contributed by atoms with Crippen molar-refractivity contribution >= 4 is 11.9 Å². The van der Waals surface area contributed by atoms with Gasteiger partial charge < -0.3 is 15.0 Å². The molecule has 110 valence electrons. The second kappa shape index (κ2) is 6.40. The second-order valence-corrected chi connectivity index (χ2v) is 4.54. The summed E-state index contributed by atoms with van der Waals surface area (Å²) in [4.78, 5) is 23.5. The van der Waals surface area contributed by atoms with Gasteiger partial charge in [-0.05, 0) is 6.92 Å². The molecule has 8 nitrogen and oxygen atoms in total. The largest absolute Gasteiger partial charge is 0.378 e. The van der Waals surface area contributed by atoms with E-state index in [1.165, 1.54) is 6.33 Å². The van der Waals surface area contributed by atoms with E-state index in [2.05, 4.69) is 35.1 Å². The van der Waals surface area contributed by atoms with E-state index in [4.69, 9.17) is 4.74 Å². The fourth-order valence-corrected chi connectivity index (χ4v) is 2.05. The van der Waals surface area contributed by atoms with Crippen LogP contribution in [0.2, 0.25) is 0 Å². The fraction of sp³-hybridized carbons (Fsp3) is 0.462. The number of ether oxygens (including phenoxy) is 1. The first-order chi connectivity index (χ1) is 10.4. The van der Waals surface area contributed by atoms with Crippen molar-refractivity contribution in [3.63, 3.8) is 0 Å². The molecule has 2 aromatic heterocycles. The van der Waals surface area contributed by atoms with Gasteiger partial charge in [0.1, 0.15) is 6.33 Å². The van der Waals surface area contributed by atoms with Gasteiger partial charge in [-0.15, -0.1) is 0 Å². The van der Waals surface area contributed by atoms with Crippen molar-refractivity contribution < 1.29 is 4.74 Å². The van der Waals surface area contributed by atoms with Crippen LogP contribution in [0.4, 0.5) is 11.9 Å². The Morgan fingerprint density at radius 3 is 2.62 bits per heavy atom. The maximum absolute atomic E-state index is 5.37. The van der Waals surface area contributed by atoms with E-state index in [1.807, 2.05) is 6.92 Å². The number of anilines is 2. The lowest BCUT2D eigenvalue weighted by atomic mass is 10.3. The summed E-state index contributed by atoms with van der Waals surface area (Å²) in [6, 6.07) is 0. The van der Waals surface area contributed by atoms with E-state index in [-0.39, 0.29) is 0 Å². The van der Waals surface area contributed by atoms with Crippen molar-refractivity contribution in [3.05, 3.63) is 18.7 Å². The summed E-state index contributed by atoms with van der Waals surface area (Å²) in [7, 11) is 0. The van der Waals surface area contributed by atoms with Crippen LogP contribution in [0, 0.1) is 0 Å². The Labute approximate surface area is 122 Å². The van der Waals surface area contributed by atoms with Crippen molar-refractivity contribution in [3.8, 4) is 11.4 Å². The summed E-state index contributed by atoms with van der Waals surface area (Å²) in [5.74, 6) is 1.79. The predicted octanol–water partition coefficient (Wildman–Crippen LogP) is 0.597. The zero-order valence-electron chi connectivity index (χ0n) is 11.9. The van der Waals surface area contributed by atoms with Crippen molar-refractivity contribution in [2.75, 3.05) is 43.1 Å². The van der Waals surface area contributed by atoms with E-state index in [1.54, 1.807) is 12.4 Å². The number of nitrogens with zero attached hydrogens (tertiary/aromatic N) is 6. The molecule has 21 heavy (non-hydrogen) atoms. The summed E-state index contributed by atoms with van der Waals surface area (Å²) >= 11 is 0. The maximum atomic E-state index is 5.37. The minimum absolute atomic E-state index is 0.563. The summed E-state index contributed by atoms with van der Waals surface area (Å²) in [5.41, 5.74) is 0.772. The van der Waals surface area contributed by atoms with E-state index >= 15 is 0 Å². The number of hydrogen-bond donors (Lipinski definition) is 1. The number of hydrogen-bond acceptors (Lipinski definition) is 8. The summed E-state index contributed by atoms with van der Waals surface area (Å²) in [6.45, 7) is 5.68. The minimum Gasteiger partial charge on any atom is -0.378 e.